The van der Waals surface area contributed by atoms with Gasteiger partial charge in [0.1, 0.15) is 5.75 Å². The van der Waals surface area contributed by atoms with Crippen LogP contribution in [0.1, 0.15) is 17.4 Å². The Hall–Kier alpha value is -1.90. The molecular weight excluding hydrogens is 374 g/mol. The maximum atomic E-state index is 12.6. The van der Waals surface area contributed by atoms with Gasteiger partial charge in [-0.15, -0.1) is 11.3 Å². The molecule has 0 spiro atoms. The highest BCUT2D eigenvalue weighted by Gasteiger charge is 2.16. The first-order chi connectivity index (χ1) is 12.4. The first-order valence-electron chi connectivity index (χ1n) is 8.23. The van der Waals surface area contributed by atoms with E-state index in [1.807, 2.05) is 23.6 Å². The number of amides is 1. The fraction of sp³-hybridized carbons (Fsp3) is 0.389. The van der Waals surface area contributed by atoms with Crippen LogP contribution in [-0.2, 0) is 32.6 Å². The van der Waals surface area contributed by atoms with Crippen LogP contribution in [0.2, 0.25) is 0 Å². The number of carbonyl (C=O) groups is 1. The predicted molar refractivity (Wildman–Crippen MR) is 102 cm³/mol. The molecule has 0 N–H and O–H groups in total. The SMILES string of the molecule is CCS(=O)(=O)Oc1cccc(CN(CCOC)C(=O)Cc2cccs2)c1. The van der Waals surface area contributed by atoms with Crippen molar-refractivity contribution in [1.82, 2.24) is 4.90 Å². The molecule has 1 aromatic heterocycles. The van der Waals surface area contributed by atoms with Gasteiger partial charge < -0.3 is 13.8 Å². The number of hydrogen-bond donors (Lipinski definition) is 0. The smallest absolute Gasteiger partial charge is 0.308 e. The maximum absolute atomic E-state index is 12.6. The highest BCUT2D eigenvalue weighted by Crippen LogP contribution is 2.18. The van der Waals surface area contributed by atoms with E-state index in [-0.39, 0.29) is 17.4 Å². The lowest BCUT2D eigenvalue weighted by Gasteiger charge is -2.22. The van der Waals surface area contributed by atoms with Gasteiger partial charge in [0.2, 0.25) is 5.91 Å². The normalized spacial score (nSPS) is 11.3. The molecule has 2 rings (SSSR count). The van der Waals surface area contributed by atoms with Crippen molar-refractivity contribution in [3.8, 4) is 5.75 Å². The quantitative estimate of drug-likeness (QED) is 0.577. The number of hydrogen-bond acceptors (Lipinski definition) is 6. The largest absolute Gasteiger partial charge is 0.383 e. The second-order valence-corrected chi connectivity index (χ2v) is 8.53. The average Bonchev–Trinajstić information content (AvgIpc) is 3.11. The maximum Gasteiger partial charge on any atom is 0.308 e. The van der Waals surface area contributed by atoms with Gasteiger partial charge in [0.25, 0.3) is 0 Å². The molecule has 0 atom stereocenters. The molecule has 1 amide bonds. The summed E-state index contributed by atoms with van der Waals surface area (Å²) in [6.07, 6.45) is 0.335. The molecule has 0 aliphatic carbocycles. The van der Waals surface area contributed by atoms with Gasteiger partial charge in [-0.05, 0) is 36.1 Å². The lowest BCUT2D eigenvalue weighted by atomic mass is 10.2. The summed E-state index contributed by atoms with van der Waals surface area (Å²) in [5.41, 5.74) is 0.796. The monoisotopic (exact) mass is 397 g/mol. The molecule has 0 unspecified atom stereocenters. The molecule has 26 heavy (non-hydrogen) atoms. The molecule has 0 aliphatic heterocycles. The number of methoxy groups -OCH3 is 1. The lowest BCUT2D eigenvalue weighted by molar-refractivity contribution is -0.131. The van der Waals surface area contributed by atoms with Gasteiger partial charge in [-0.1, -0.05) is 18.2 Å². The Morgan fingerprint density at radius 1 is 1.23 bits per heavy atom. The van der Waals surface area contributed by atoms with Gasteiger partial charge in [0.15, 0.2) is 0 Å². The Labute approximate surface area is 158 Å². The third-order valence-corrected chi connectivity index (χ3v) is 5.70. The van der Waals surface area contributed by atoms with Crippen molar-refractivity contribution in [2.45, 2.75) is 19.9 Å². The Kier molecular flexibility index (Phi) is 7.62. The van der Waals surface area contributed by atoms with Gasteiger partial charge in [0.05, 0.1) is 18.8 Å². The van der Waals surface area contributed by atoms with Gasteiger partial charge >= 0.3 is 10.1 Å². The van der Waals surface area contributed by atoms with Gasteiger partial charge in [-0.3, -0.25) is 4.79 Å². The molecule has 1 aromatic carbocycles. The van der Waals surface area contributed by atoms with E-state index >= 15 is 0 Å². The van der Waals surface area contributed by atoms with E-state index in [1.54, 1.807) is 41.5 Å². The molecule has 0 fully saturated rings. The number of ether oxygens (including phenoxy) is 1. The van der Waals surface area contributed by atoms with Crippen molar-refractivity contribution >= 4 is 27.4 Å². The third-order valence-electron chi connectivity index (χ3n) is 3.67. The first kappa shape index (κ1) is 20.4. The minimum absolute atomic E-state index is 0.00278. The van der Waals surface area contributed by atoms with E-state index in [4.69, 9.17) is 8.92 Å². The second kappa shape index (κ2) is 9.70. The highest BCUT2D eigenvalue weighted by atomic mass is 32.2. The number of nitrogens with zero attached hydrogens (tertiary/aromatic N) is 1. The number of rotatable bonds is 10. The Morgan fingerprint density at radius 3 is 2.69 bits per heavy atom. The molecule has 142 valence electrons. The van der Waals surface area contributed by atoms with Crippen molar-refractivity contribution in [2.24, 2.45) is 0 Å². The molecule has 6 nitrogen and oxygen atoms in total. The molecule has 2 aromatic rings. The standard InChI is InChI=1S/C18H23NO5S2/c1-3-26(21,22)24-16-7-4-6-15(12-16)14-19(9-10-23-2)18(20)13-17-8-5-11-25-17/h4-8,11-12H,3,9-10,13-14H2,1-2H3. The summed E-state index contributed by atoms with van der Waals surface area (Å²) in [5, 5.41) is 1.94. The minimum Gasteiger partial charge on any atom is -0.383 e. The zero-order valence-electron chi connectivity index (χ0n) is 14.9. The van der Waals surface area contributed by atoms with E-state index in [9.17, 15) is 13.2 Å². The molecular formula is C18H23NO5S2. The fourth-order valence-corrected chi connectivity index (χ4v) is 3.50. The van der Waals surface area contributed by atoms with Crippen LogP contribution in [0.25, 0.3) is 0 Å². The molecule has 0 bridgehead atoms. The van der Waals surface area contributed by atoms with Gasteiger partial charge in [-0.25, -0.2) is 0 Å². The molecule has 0 radical (unpaired) electrons. The molecule has 1 heterocycles. The number of thiophene rings is 1. The zero-order valence-corrected chi connectivity index (χ0v) is 16.5. The van der Waals surface area contributed by atoms with Crippen LogP contribution in [0.4, 0.5) is 0 Å². The Bertz CT molecular complexity index is 803. The first-order valence-corrected chi connectivity index (χ1v) is 10.7. The van der Waals surface area contributed by atoms with E-state index in [2.05, 4.69) is 0 Å². The van der Waals surface area contributed by atoms with Crippen LogP contribution in [0.5, 0.6) is 5.75 Å². The van der Waals surface area contributed by atoms with Crippen molar-refractivity contribution < 1.29 is 22.1 Å². The van der Waals surface area contributed by atoms with Gasteiger partial charge in [-0.2, -0.15) is 8.42 Å². The van der Waals surface area contributed by atoms with Gasteiger partial charge in [0, 0.05) is 25.1 Å². The van der Waals surface area contributed by atoms with Crippen LogP contribution >= 0.6 is 11.3 Å². The molecule has 8 heteroatoms. The van der Waals surface area contributed by atoms with Crippen LogP contribution in [-0.4, -0.2) is 45.2 Å². The summed E-state index contributed by atoms with van der Waals surface area (Å²) in [6.45, 7) is 2.77. The number of carbonyl (C=O) groups excluding carboxylic acids is 1. The molecule has 0 aliphatic rings. The summed E-state index contributed by atoms with van der Waals surface area (Å²) < 4.78 is 33.4. The Morgan fingerprint density at radius 2 is 2.04 bits per heavy atom. The van der Waals surface area contributed by atoms with Crippen LogP contribution in [0, 0.1) is 0 Å². The van der Waals surface area contributed by atoms with E-state index in [0.717, 1.165) is 10.4 Å². The zero-order chi connectivity index (χ0) is 19.0. The second-order valence-electron chi connectivity index (χ2n) is 5.64. The fourth-order valence-electron chi connectivity index (χ4n) is 2.29. The summed E-state index contributed by atoms with van der Waals surface area (Å²) in [6, 6.07) is 10.6. The summed E-state index contributed by atoms with van der Waals surface area (Å²) in [4.78, 5) is 15.3. The van der Waals surface area contributed by atoms with E-state index in [0.29, 0.717) is 26.1 Å². The predicted octanol–water partition coefficient (Wildman–Crippen LogP) is 2.69. The summed E-state index contributed by atoms with van der Waals surface area (Å²) in [5.74, 6) is 0.148. The number of benzene rings is 1. The van der Waals surface area contributed by atoms with Crippen molar-refractivity contribution in [1.29, 1.82) is 0 Å². The minimum atomic E-state index is -3.58. The molecule has 0 saturated heterocycles. The summed E-state index contributed by atoms with van der Waals surface area (Å²) in [7, 11) is -1.99. The van der Waals surface area contributed by atoms with Crippen molar-refractivity contribution in [3.05, 3.63) is 52.2 Å². The third kappa shape index (κ3) is 6.44. The summed E-state index contributed by atoms with van der Waals surface area (Å²) >= 11 is 1.54. The average molecular weight is 398 g/mol. The molecule has 0 saturated carbocycles. The van der Waals surface area contributed by atoms with E-state index in [1.165, 1.54) is 6.92 Å². The highest BCUT2D eigenvalue weighted by molar-refractivity contribution is 7.87. The van der Waals surface area contributed by atoms with Crippen molar-refractivity contribution in [2.75, 3.05) is 26.0 Å². The topological polar surface area (TPSA) is 72.9 Å². The lowest BCUT2D eigenvalue weighted by Crippen LogP contribution is -2.34. The van der Waals surface area contributed by atoms with Crippen LogP contribution in [0.3, 0.4) is 0 Å². The van der Waals surface area contributed by atoms with E-state index < -0.39 is 10.1 Å². The Balaban J connectivity index is 2.10. The van der Waals surface area contributed by atoms with Crippen LogP contribution < -0.4 is 4.18 Å². The van der Waals surface area contributed by atoms with Crippen molar-refractivity contribution in [3.63, 3.8) is 0 Å². The van der Waals surface area contributed by atoms with Crippen LogP contribution in [0.15, 0.2) is 41.8 Å².